The third-order valence-corrected chi connectivity index (χ3v) is 4.25. The average Bonchev–Trinajstić information content (AvgIpc) is 2.91. The summed E-state index contributed by atoms with van der Waals surface area (Å²) in [6.45, 7) is 3.36. The Morgan fingerprint density at radius 1 is 1.12 bits per heavy atom. The molecule has 0 unspecified atom stereocenters. The molecule has 1 heteroatoms. The Hall–Kier alpha value is -1.63. The Morgan fingerprint density at radius 2 is 2.00 bits per heavy atom. The molecule has 4 rings (SSSR count). The molecule has 1 aliphatic heterocycles. The first-order chi connectivity index (χ1) is 8.34. The molecule has 1 aliphatic carbocycles. The normalized spacial score (nSPS) is 17.7. The van der Waals surface area contributed by atoms with Gasteiger partial charge >= 0.3 is 0 Å². The van der Waals surface area contributed by atoms with E-state index >= 15 is 0 Å². The smallest absolute Gasteiger partial charge is 0.188 e. The lowest BCUT2D eigenvalue weighted by molar-refractivity contribution is -0.660. The summed E-state index contributed by atoms with van der Waals surface area (Å²) in [6.07, 6.45) is 3.95. The van der Waals surface area contributed by atoms with Crippen molar-refractivity contribution in [2.75, 3.05) is 0 Å². The number of aryl methyl sites for hydroxylation is 1. The molecule has 84 valence electrons. The van der Waals surface area contributed by atoms with Gasteiger partial charge in [-0.3, -0.25) is 0 Å². The number of pyridine rings is 1. The molecule has 17 heavy (non-hydrogen) atoms. The molecule has 0 fully saturated rings. The number of para-hydroxylation sites is 1. The lowest BCUT2D eigenvalue weighted by Crippen LogP contribution is -2.36. The van der Waals surface area contributed by atoms with Crippen molar-refractivity contribution in [1.82, 2.24) is 0 Å². The zero-order valence-corrected chi connectivity index (χ0v) is 10.2. The van der Waals surface area contributed by atoms with Crippen LogP contribution in [0.4, 0.5) is 0 Å². The second-order valence-corrected chi connectivity index (χ2v) is 5.25. The van der Waals surface area contributed by atoms with Gasteiger partial charge in [-0.05, 0) is 37.8 Å². The fraction of sp³-hybridized carbons (Fsp3) is 0.312. The summed E-state index contributed by atoms with van der Waals surface area (Å²) in [6, 6.07) is 11.2. The largest absolute Gasteiger partial charge is 0.213 e. The zero-order chi connectivity index (χ0) is 11.4. The summed E-state index contributed by atoms with van der Waals surface area (Å²) in [5.41, 5.74) is 7.61. The second-order valence-electron chi connectivity index (χ2n) is 5.25. The molecule has 0 amide bonds. The van der Waals surface area contributed by atoms with E-state index in [1.54, 1.807) is 11.1 Å². The minimum absolute atomic E-state index is 1.13. The van der Waals surface area contributed by atoms with E-state index in [0.717, 1.165) is 6.54 Å². The van der Waals surface area contributed by atoms with E-state index in [9.17, 15) is 0 Å². The summed E-state index contributed by atoms with van der Waals surface area (Å²) >= 11 is 0. The number of rotatable bonds is 0. The molecule has 0 atom stereocenters. The maximum atomic E-state index is 2.51. The van der Waals surface area contributed by atoms with Crippen molar-refractivity contribution in [3.8, 4) is 0 Å². The van der Waals surface area contributed by atoms with Crippen LogP contribution in [0.5, 0.6) is 0 Å². The van der Waals surface area contributed by atoms with Gasteiger partial charge in [0.05, 0.1) is 0 Å². The standard InChI is InChI=1S/C16H16N/c1-11-9-16-14-7-4-5-12(14)10-17(16)15-8-3-2-6-13(11)15/h2-3,6,8-9H,4-5,7,10H2,1H3/q+1. The van der Waals surface area contributed by atoms with Crippen molar-refractivity contribution in [2.24, 2.45) is 0 Å². The molecule has 1 nitrogen and oxygen atoms in total. The minimum atomic E-state index is 1.13. The molecular formula is C16H16N+. The van der Waals surface area contributed by atoms with E-state index in [4.69, 9.17) is 0 Å². The Bertz CT molecular complexity index is 665. The topological polar surface area (TPSA) is 3.88 Å². The van der Waals surface area contributed by atoms with Gasteiger partial charge in [0, 0.05) is 28.7 Å². The summed E-state index contributed by atoms with van der Waals surface area (Å²) in [4.78, 5) is 0. The molecule has 1 aromatic heterocycles. The van der Waals surface area contributed by atoms with E-state index in [0.29, 0.717) is 0 Å². The predicted octanol–water partition coefficient (Wildman–Crippen LogP) is 3.39. The number of hydrogen-bond donors (Lipinski definition) is 0. The third kappa shape index (κ3) is 1.17. The van der Waals surface area contributed by atoms with Crippen molar-refractivity contribution in [1.29, 1.82) is 0 Å². The van der Waals surface area contributed by atoms with Gasteiger partial charge in [0.1, 0.15) is 0 Å². The van der Waals surface area contributed by atoms with Crippen LogP contribution in [0.15, 0.2) is 35.9 Å². The Kier molecular flexibility index (Phi) is 1.77. The molecule has 0 saturated carbocycles. The number of benzene rings is 1. The molecule has 2 aliphatic rings. The Labute approximate surface area is 101 Å². The molecule has 0 spiro atoms. The molecule has 2 aromatic rings. The van der Waals surface area contributed by atoms with Gasteiger partial charge in [-0.15, -0.1) is 0 Å². The van der Waals surface area contributed by atoms with Crippen LogP contribution >= 0.6 is 0 Å². The van der Waals surface area contributed by atoms with Crippen LogP contribution in [0, 0.1) is 6.92 Å². The summed E-state index contributed by atoms with van der Waals surface area (Å²) in [7, 11) is 0. The van der Waals surface area contributed by atoms with Gasteiger partial charge in [0.15, 0.2) is 6.54 Å². The van der Waals surface area contributed by atoms with E-state index in [1.807, 2.05) is 0 Å². The van der Waals surface area contributed by atoms with Gasteiger partial charge in [-0.2, -0.15) is 4.57 Å². The molecule has 2 heterocycles. The van der Waals surface area contributed by atoms with Crippen LogP contribution in [0.3, 0.4) is 0 Å². The van der Waals surface area contributed by atoms with Crippen molar-refractivity contribution < 1.29 is 4.57 Å². The van der Waals surface area contributed by atoms with Crippen molar-refractivity contribution in [3.05, 3.63) is 47.2 Å². The number of nitrogens with zero attached hydrogens (tertiary/aromatic N) is 1. The van der Waals surface area contributed by atoms with Crippen LogP contribution in [0.1, 0.15) is 30.5 Å². The minimum Gasteiger partial charge on any atom is -0.188 e. The number of allylic oxidation sites excluding steroid dienone is 2. The van der Waals surface area contributed by atoms with Crippen LogP contribution in [-0.4, -0.2) is 0 Å². The summed E-state index contributed by atoms with van der Waals surface area (Å²) < 4.78 is 2.51. The number of aromatic nitrogens is 1. The molecule has 0 N–H and O–H groups in total. The molecule has 0 radical (unpaired) electrons. The van der Waals surface area contributed by atoms with Crippen LogP contribution in [0.2, 0.25) is 0 Å². The molecule has 1 aromatic carbocycles. The summed E-state index contributed by atoms with van der Waals surface area (Å²) in [5, 5.41) is 1.40. The van der Waals surface area contributed by atoms with Crippen molar-refractivity contribution in [2.45, 2.75) is 32.7 Å². The first-order valence-corrected chi connectivity index (χ1v) is 6.48. The monoisotopic (exact) mass is 222 g/mol. The predicted molar refractivity (Wildman–Crippen MR) is 69.7 cm³/mol. The first kappa shape index (κ1) is 9.41. The highest BCUT2D eigenvalue weighted by molar-refractivity contribution is 5.82. The zero-order valence-electron chi connectivity index (χ0n) is 10.2. The highest BCUT2D eigenvalue weighted by Gasteiger charge is 2.33. The Morgan fingerprint density at radius 3 is 2.94 bits per heavy atom. The lowest BCUT2D eigenvalue weighted by Gasteiger charge is -2.05. The highest BCUT2D eigenvalue weighted by Crippen LogP contribution is 2.37. The van der Waals surface area contributed by atoms with E-state index in [1.165, 1.54) is 41.4 Å². The molecular weight excluding hydrogens is 206 g/mol. The van der Waals surface area contributed by atoms with Gasteiger partial charge in [0.2, 0.25) is 11.2 Å². The van der Waals surface area contributed by atoms with E-state index < -0.39 is 0 Å². The first-order valence-electron chi connectivity index (χ1n) is 6.48. The van der Waals surface area contributed by atoms with Gasteiger partial charge in [-0.1, -0.05) is 12.1 Å². The quantitative estimate of drug-likeness (QED) is 0.602. The third-order valence-electron chi connectivity index (χ3n) is 4.25. The highest BCUT2D eigenvalue weighted by atomic mass is 15.0. The SMILES string of the molecule is Cc1cc2[n+](c3ccccc13)CC1=C2CCC1. The lowest BCUT2D eigenvalue weighted by atomic mass is 10.1. The molecule has 0 bridgehead atoms. The van der Waals surface area contributed by atoms with E-state index in [2.05, 4.69) is 41.8 Å². The van der Waals surface area contributed by atoms with Crippen LogP contribution in [-0.2, 0) is 6.54 Å². The fourth-order valence-electron chi connectivity index (χ4n) is 3.43. The fourth-order valence-corrected chi connectivity index (χ4v) is 3.43. The molecule has 0 saturated heterocycles. The Balaban J connectivity index is 2.08. The number of fused-ring (bicyclic) bond motifs is 4. The van der Waals surface area contributed by atoms with Gasteiger partial charge < -0.3 is 0 Å². The van der Waals surface area contributed by atoms with E-state index in [-0.39, 0.29) is 0 Å². The van der Waals surface area contributed by atoms with Gasteiger partial charge in [-0.25, -0.2) is 0 Å². The second kappa shape index (κ2) is 3.19. The van der Waals surface area contributed by atoms with Gasteiger partial charge in [0.25, 0.3) is 0 Å². The van der Waals surface area contributed by atoms with Crippen molar-refractivity contribution in [3.63, 3.8) is 0 Å². The van der Waals surface area contributed by atoms with Crippen LogP contribution < -0.4 is 4.57 Å². The van der Waals surface area contributed by atoms with Crippen molar-refractivity contribution >= 4 is 16.5 Å². The maximum absolute atomic E-state index is 2.51. The van der Waals surface area contributed by atoms with Crippen LogP contribution in [0.25, 0.3) is 16.5 Å². The number of hydrogen-bond acceptors (Lipinski definition) is 0. The average molecular weight is 222 g/mol. The summed E-state index contributed by atoms with van der Waals surface area (Å²) in [5.74, 6) is 0. The maximum Gasteiger partial charge on any atom is 0.213 e.